The van der Waals surface area contributed by atoms with Crippen molar-refractivity contribution in [2.24, 2.45) is 0 Å². The van der Waals surface area contributed by atoms with Crippen LogP contribution in [0, 0.1) is 0 Å². The maximum atomic E-state index is 12.9. The number of hydrogen-bond acceptors (Lipinski definition) is 6. The van der Waals surface area contributed by atoms with E-state index in [1.807, 2.05) is 0 Å². The molecule has 0 bridgehead atoms. The number of hydrogen-bond donors (Lipinski definition) is 0. The van der Waals surface area contributed by atoms with E-state index in [2.05, 4.69) is 130 Å². The molecule has 0 aliphatic heterocycles. The molecule has 0 aromatic heterocycles. The minimum Gasteiger partial charge on any atom is -0.462 e. The van der Waals surface area contributed by atoms with Gasteiger partial charge in [0.15, 0.2) is 6.10 Å². The summed E-state index contributed by atoms with van der Waals surface area (Å²) in [6.07, 6.45) is 91.1. The van der Waals surface area contributed by atoms with Crippen molar-refractivity contribution in [1.29, 1.82) is 0 Å². The second kappa shape index (κ2) is 66.6. The van der Waals surface area contributed by atoms with Crippen LogP contribution >= 0.6 is 0 Å². The van der Waals surface area contributed by atoms with Gasteiger partial charge in [-0.15, -0.1) is 0 Å². The molecule has 0 aromatic carbocycles. The molecule has 1 atom stereocenters. The molecule has 0 fully saturated rings. The fourth-order valence-corrected chi connectivity index (χ4v) is 9.22. The van der Waals surface area contributed by atoms with Crippen LogP contribution in [0.1, 0.15) is 316 Å². The van der Waals surface area contributed by atoms with Gasteiger partial charge in [-0.1, -0.05) is 284 Å². The molecule has 0 amide bonds. The summed E-state index contributed by atoms with van der Waals surface area (Å²) >= 11 is 0. The molecule has 6 nitrogen and oxygen atoms in total. The van der Waals surface area contributed by atoms with Crippen LogP contribution in [0.15, 0.2) is 109 Å². The Labute approximate surface area is 489 Å². The molecule has 0 radical (unpaired) electrons. The summed E-state index contributed by atoms with van der Waals surface area (Å²) in [5.74, 6) is -0.894. The summed E-state index contributed by atoms with van der Waals surface area (Å²) in [6, 6.07) is 0. The van der Waals surface area contributed by atoms with Crippen LogP contribution in [-0.4, -0.2) is 37.2 Å². The summed E-state index contributed by atoms with van der Waals surface area (Å²) in [5.41, 5.74) is 0. The molecule has 1 unspecified atom stereocenters. The lowest BCUT2D eigenvalue weighted by molar-refractivity contribution is -0.167. The second-order valence-electron chi connectivity index (χ2n) is 22.0. The molecule has 0 N–H and O–H groups in total. The van der Waals surface area contributed by atoms with E-state index in [1.165, 1.54) is 154 Å². The average molecular weight is 1100 g/mol. The SMILES string of the molecule is CC/C=C\C/C=C\C/C=C\C/C=C\C/C=C\C/C=C\C/C=C\CCCCCCCCCCCCCCCC(=O)OCC(COC(=O)CCCCCCC/C=C\CCCC)OC(=O)CCCCCCC/C=C\CCCCCCCC. The smallest absolute Gasteiger partial charge is 0.306 e. The predicted octanol–water partition coefficient (Wildman–Crippen LogP) is 23.0. The first-order valence-electron chi connectivity index (χ1n) is 33.4. The topological polar surface area (TPSA) is 78.9 Å². The molecular formula is C73H124O6. The standard InChI is InChI=1S/C73H124O6/c1-4-7-10-13-16-19-22-24-26-27-28-29-30-31-32-33-34-35-36-37-38-39-40-41-42-43-44-45-47-48-51-54-57-60-63-66-72(75)78-69-70(68-77-71(74)65-62-59-56-53-50-21-18-15-12-9-6-3)79-73(76)67-64-61-58-55-52-49-46-25-23-20-17-14-11-8-5-2/h7,10,15-16,18-19,24-26,28-29,31-32,34-35,37-38,46,70H,4-6,8-9,11-14,17,20-23,27,30,33,36,39-45,47-69H2,1-3H3/b10-7-,18-15-,19-16-,26-24-,29-28-,32-31-,35-34-,38-37-,46-25-. The van der Waals surface area contributed by atoms with Gasteiger partial charge in [-0.2, -0.15) is 0 Å². The minimum absolute atomic E-state index is 0.0826. The zero-order chi connectivity index (χ0) is 57.1. The van der Waals surface area contributed by atoms with Crippen LogP contribution in [0.25, 0.3) is 0 Å². The van der Waals surface area contributed by atoms with Crippen LogP contribution in [0.2, 0.25) is 0 Å². The molecule has 0 aliphatic rings. The molecule has 0 heterocycles. The lowest BCUT2D eigenvalue weighted by Gasteiger charge is -2.18. The zero-order valence-corrected chi connectivity index (χ0v) is 51.9. The van der Waals surface area contributed by atoms with Crippen molar-refractivity contribution in [1.82, 2.24) is 0 Å². The summed E-state index contributed by atoms with van der Waals surface area (Å²) in [6.45, 7) is 6.49. The molecule has 0 saturated heterocycles. The van der Waals surface area contributed by atoms with E-state index in [-0.39, 0.29) is 31.1 Å². The number of esters is 3. The Kier molecular flexibility index (Phi) is 63.3. The summed E-state index contributed by atoms with van der Waals surface area (Å²) in [4.78, 5) is 38.2. The maximum absolute atomic E-state index is 12.9. The Morgan fingerprint density at radius 1 is 0.266 bits per heavy atom. The van der Waals surface area contributed by atoms with Crippen LogP contribution in [0.4, 0.5) is 0 Å². The van der Waals surface area contributed by atoms with Crippen LogP contribution in [0.5, 0.6) is 0 Å². The highest BCUT2D eigenvalue weighted by Gasteiger charge is 2.19. The third-order valence-electron chi connectivity index (χ3n) is 14.2. The third-order valence-corrected chi connectivity index (χ3v) is 14.2. The number of ether oxygens (including phenoxy) is 3. The van der Waals surface area contributed by atoms with Gasteiger partial charge >= 0.3 is 17.9 Å². The molecule has 0 aliphatic carbocycles. The van der Waals surface area contributed by atoms with E-state index < -0.39 is 6.10 Å². The van der Waals surface area contributed by atoms with Gasteiger partial charge in [0.2, 0.25) is 0 Å². The zero-order valence-electron chi connectivity index (χ0n) is 51.9. The van der Waals surface area contributed by atoms with E-state index in [0.717, 1.165) is 122 Å². The fraction of sp³-hybridized carbons (Fsp3) is 0.712. The van der Waals surface area contributed by atoms with E-state index in [4.69, 9.17) is 14.2 Å². The minimum atomic E-state index is -0.785. The molecule has 0 aromatic rings. The predicted molar refractivity (Wildman–Crippen MR) is 343 cm³/mol. The van der Waals surface area contributed by atoms with Gasteiger partial charge in [0.25, 0.3) is 0 Å². The Bertz CT molecular complexity index is 1590. The Morgan fingerprint density at radius 3 is 0.823 bits per heavy atom. The lowest BCUT2D eigenvalue weighted by atomic mass is 10.0. The van der Waals surface area contributed by atoms with Gasteiger partial charge in [0.1, 0.15) is 13.2 Å². The van der Waals surface area contributed by atoms with E-state index in [0.29, 0.717) is 19.3 Å². The monoisotopic (exact) mass is 1100 g/mol. The third kappa shape index (κ3) is 64.8. The first-order valence-corrected chi connectivity index (χ1v) is 33.4. The molecule has 452 valence electrons. The average Bonchev–Trinajstić information content (AvgIpc) is 3.45. The van der Waals surface area contributed by atoms with Gasteiger partial charge in [-0.05, 0) is 122 Å². The fourth-order valence-electron chi connectivity index (χ4n) is 9.22. The van der Waals surface area contributed by atoms with Crippen molar-refractivity contribution < 1.29 is 28.6 Å². The van der Waals surface area contributed by atoms with Crippen molar-refractivity contribution in [2.45, 2.75) is 322 Å². The highest BCUT2D eigenvalue weighted by Crippen LogP contribution is 2.16. The molecule has 0 spiro atoms. The van der Waals surface area contributed by atoms with Crippen molar-refractivity contribution in [3.63, 3.8) is 0 Å². The van der Waals surface area contributed by atoms with Gasteiger partial charge < -0.3 is 14.2 Å². The highest BCUT2D eigenvalue weighted by molar-refractivity contribution is 5.71. The summed E-state index contributed by atoms with van der Waals surface area (Å²) in [7, 11) is 0. The summed E-state index contributed by atoms with van der Waals surface area (Å²) in [5, 5.41) is 0. The molecule has 0 saturated carbocycles. The Hall–Kier alpha value is -3.93. The lowest BCUT2D eigenvalue weighted by Crippen LogP contribution is -2.30. The van der Waals surface area contributed by atoms with Crippen molar-refractivity contribution in [3.05, 3.63) is 109 Å². The molecule has 6 heteroatoms. The number of unbranched alkanes of at least 4 members (excludes halogenated alkanes) is 31. The number of allylic oxidation sites excluding steroid dienone is 18. The van der Waals surface area contributed by atoms with Gasteiger partial charge in [-0.25, -0.2) is 0 Å². The highest BCUT2D eigenvalue weighted by atomic mass is 16.6. The first-order chi connectivity index (χ1) is 39.0. The molecular weight excluding hydrogens is 973 g/mol. The van der Waals surface area contributed by atoms with Crippen LogP contribution in [-0.2, 0) is 28.6 Å². The quantitative estimate of drug-likeness (QED) is 0.0261. The van der Waals surface area contributed by atoms with Gasteiger partial charge in [0.05, 0.1) is 0 Å². The number of rotatable bonds is 60. The number of carbonyl (C=O) groups excluding carboxylic acids is 3. The van der Waals surface area contributed by atoms with Crippen LogP contribution in [0.3, 0.4) is 0 Å². The summed E-state index contributed by atoms with van der Waals surface area (Å²) < 4.78 is 16.9. The van der Waals surface area contributed by atoms with E-state index in [1.54, 1.807) is 0 Å². The van der Waals surface area contributed by atoms with Gasteiger partial charge in [-0.3, -0.25) is 14.4 Å². The first kappa shape index (κ1) is 75.1. The van der Waals surface area contributed by atoms with Crippen LogP contribution < -0.4 is 0 Å². The van der Waals surface area contributed by atoms with Crippen molar-refractivity contribution in [3.8, 4) is 0 Å². The number of carbonyl (C=O) groups is 3. The van der Waals surface area contributed by atoms with Crippen molar-refractivity contribution in [2.75, 3.05) is 13.2 Å². The Balaban J connectivity index is 4.14. The largest absolute Gasteiger partial charge is 0.462 e. The molecule has 0 rings (SSSR count). The molecule has 79 heavy (non-hydrogen) atoms. The second-order valence-corrected chi connectivity index (χ2v) is 22.0. The van der Waals surface area contributed by atoms with E-state index in [9.17, 15) is 14.4 Å². The normalized spacial score (nSPS) is 12.8. The van der Waals surface area contributed by atoms with Crippen molar-refractivity contribution >= 4 is 17.9 Å². The van der Waals surface area contributed by atoms with Gasteiger partial charge in [0, 0.05) is 19.3 Å². The van der Waals surface area contributed by atoms with E-state index >= 15 is 0 Å². The Morgan fingerprint density at radius 2 is 0.506 bits per heavy atom. The maximum Gasteiger partial charge on any atom is 0.306 e.